The van der Waals surface area contributed by atoms with Crippen LogP contribution in [0.1, 0.15) is 25.0 Å². The van der Waals surface area contributed by atoms with Crippen LogP contribution in [0.2, 0.25) is 0 Å². The van der Waals surface area contributed by atoms with Crippen LogP contribution in [0.25, 0.3) is 0 Å². The molecule has 0 aliphatic carbocycles. The van der Waals surface area contributed by atoms with Crippen molar-refractivity contribution in [3.8, 4) is 0 Å². The highest BCUT2D eigenvalue weighted by Crippen LogP contribution is 2.33. The summed E-state index contributed by atoms with van der Waals surface area (Å²) in [7, 11) is 0. The molecule has 3 heterocycles. The van der Waals surface area contributed by atoms with E-state index >= 15 is 0 Å². The first-order valence-electron chi connectivity index (χ1n) is 7.64. The van der Waals surface area contributed by atoms with Crippen molar-refractivity contribution in [2.75, 3.05) is 31.1 Å². The molecule has 1 aromatic heterocycles. The van der Waals surface area contributed by atoms with E-state index in [-0.39, 0.29) is 6.04 Å². The summed E-state index contributed by atoms with van der Waals surface area (Å²) in [4.78, 5) is 8.71. The maximum Gasteiger partial charge on any atom is 0.417 e. The molecule has 0 spiro atoms. The lowest BCUT2D eigenvalue weighted by molar-refractivity contribution is -0.137. The van der Waals surface area contributed by atoms with Crippen LogP contribution >= 0.6 is 0 Å². The molecule has 0 saturated carbocycles. The minimum atomic E-state index is -4.34. The number of fused-ring (bicyclic) bond motifs is 3. The summed E-state index contributed by atoms with van der Waals surface area (Å²) in [5.74, 6) is 0.700. The molecule has 3 rings (SSSR count). The van der Waals surface area contributed by atoms with Crippen LogP contribution in [0, 0.1) is 0 Å². The van der Waals surface area contributed by atoms with Gasteiger partial charge in [-0.05, 0) is 19.9 Å². The van der Waals surface area contributed by atoms with E-state index in [9.17, 15) is 13.2 Å². The van der Waals surface area contributed by atoms with Gasteiger partial charge in [-0.15, -0.1) is 0 Å². The lowest BCUT2D eigenvalue weighted by Gasteiger charge is -2.43. The highest BCUT2D eigenvalue weighted by molar-refractivity contribution is 5.51. The van der Waals surface area contributed by atoms with Gasteiger partial charge in [0.15, 0.2) is 0 Å². The van der Waals surface area contributed by atoms with Crippen LogP contribution < -0.4 is 10.2 Å². The molecule has 7 heteroatoms. The first-order chi connectivity index (χ1) is 10.4. The number of piperazine rings is 1. The monoisotopic (exact) mass is 314 g/mol. The van der Waals surface area contributed by atoms with Gasteiger partial charge in [-0.25, -0.2) is 4.98 Å². The van der Waals surface area contributed by atoms with Gasteiger partial charge in [0, 0.05) is 50.5 Å². The normalized spacial score (nSPS) is 23.2. The fourth-order valence-corrected chi connectivity index (χ4v) is 3.22. The van der Waals surface area contributed by atoms with Crippen molar-refractivity contribution < 1.29 is 13.2 Å². The van der Waals surface area contributed by atoms with E-state index in [1.54, 1.807) is 0 Å². The standard InChI is InChI=1S/C15H21F3N4/c1-10(2)21-3-4-22-13(9-21)8-19-6-11-5-12(15(16,17)18)7-20-14(11)22/h5,7,10,13,19H,3-4,6,8-9H2,1-2H3/t13-/m0/s1. The number of hydrogen-bond acceptors (Lipinski definition) is 4. The lowest BCUT2D eigenvalue weighted by Crippen LogP contribution is -2.57. The molecule has 2 aliphatic heterocycles. The minimum absolute atomic E-state index is 0.252. The first-order valence-corrected chi connectivity index (χ1v) is 7.64. The van der Waals surface area contributed by atoms with Crippen LogP contribution in [0.4, 0.5) is 19.0 Å². The molecule has 122 valence electrons. The van der Waals surface area contributed by atoms with E-state index in [4.69, 9.17) is 0 Å². The fourth-order valence-electron chi connectivity index (χ4n) is 3.22. The molecule has 2 aliphatic rings. The van der Waals surface area contributed by atoms with Gasteiger partial charge >= 0.3 is 6.18 Å². The number of aromatic nitrogens is 1. The number of halogens is 3. The Labute approximate surface area is 128 Å². The Hall–Kier alpha value is -1.34. The van der Waals surface area contributed by atoms with Gasteiger partial charge in [0.1, 0.15) is 5.82 Å². The third-order valence-corrected chi connectivity index (χ3v) is 4.48. The summed E-state index contributed by atoms with van der Waals surface area (Å²) < 4.78 is 38.6. The number of alkyl halides is 3. The van der Waals surface area contributed by atoms with Gasteiger partial charge in [0.25, 0.3) is 0 Å². The summed E-state index contributed by atoms with van der Waals surface area (Å²) in [5.41, 5.74) is -0.0392. The summed E-state index contributed by atoms with van der Waals surface area (Å²) >= 11 is 0. The molecular weight excluding hydrogens is 293 g/mol. The number of nitrogens with zero attached hydrogens (tertiary/aromatic N) is 3. The zero-order valence-corrected chi connectivity index (χ0v) is 12.8. The first kappa shape index (κ1) is 15.6. The molecule has 22 heavy (non-hydrogen) atoms. The van der Waals surface area contributed by atoms with Gasteiger partial charge in [-0.2, -0.15) is 13.2 Å². The fraction of sp³-hybridized carbons (Fsp3) is 0.667. The Morgan fingerprint density at radius 2 is 2.09 bits per heavy atom. The van der Waals surface area contributed by atoms with Crippen molar-refractivity contribution in [2.45, 2.75) is 38.7 Å². The van der Waals surface area contributed by atoms with Gasteiger partial charge < -0.3 is 10.2 Å². The van der Waals surface area contributed by atoms with E-state index in [2.05, 4.69) is 33.9 Å². The largest absolute Gasteiger partial charge is 0.417 e. The molecule has 1 atom stereocenters. The van der Waals surface area contributed by atoms with Gasteiger partial charge in [0.2, 0.25) is 0 Å². The zero-order chi connectivity index (χ0) is 15.9. The molecule has 1 aromatic rings. The number of rotatable bonds is 1. The third kappa shape index (κ3) is 2.92. The maximum atomic E-state index is 12.9. The smallest absolute Gasteiger partial charge is 0.350 e. The maximum absolute atomic E-state index is 12.9. The topological polar surface area (TPSA) is 31.4 Å². The molecular formula is C15H21F3N4. The second-order valence-electron chi connectivity index (χ2n) is 6.27. The number of pyridine rings is 1. The Morgan fingerprint density at radius 1 is 1.32 bits per heavy atom. The van der Waals surface area contributed by atoms with E-state index in [1.165, 1.54) is 6.07 Å². The van der Waals surface area contributed by atoms with E-state index in [0.29, 0.717) is 24.0 Å². The SMILES string of the molecule is CC(C)N1CCN2c3ncc(C(F)(F)F)cc3CNC[C@H]2C1. The second kappa shape index (κ2) is 5.70. The number of hydrogen-bond donors (Lipinski definition) is 1. The molecule has 1 saturated heterocycles. The van der Waals surface area contributed by atoms with Crippen molar-refractivity contribution >= 4 is 5.82 Å². The molecule has 4 nitrogen and oxygen atoms in total. The van der Waals surface area contributed by atoms with Crippen LogP contribution in [0.3, 0.4) is 0 Å². The molecule has 0 amide bonds. The van der Waals surface area contributed by atoms with Crippen LogP contribution in [0.15, 0.2) is 12.3 Å². The third-order valence-electron chi connectivity index (χ3n) is 4.48. The quantitative estimate of drug-likeness (QED) is 0.860. The zero-order valence-electron chi connectivity index (χ0n) is 12.8. The summed E-state index contributed by atoms with van der Waals surface area (Å²) in [6.07, 6.45) is -3.39. The summed E-state index contributed by atoms with van der Waals surface area (Å²) in [5, 5.41) is 3.27. The highest BCUT2D eigenvalue weighted by Gasteiger charge is 2.35. The number of anilines is 1. The molecule has 0 radical (unpaired) electrons. The minimum Gasteiger partial charge on any atom is -0.350 e. The number of nitrogens with one attached hydrogen (secondary N) is 1. The van der Waals surface area contributed by atoms with Gasteiger partial charge in [0.05, 0.1) is 11.6 Å². The van der Waals surface area contributed by atoms with Gasteiger partial charge in [-0.3, -0.25) is 4.90 Å². The van der Waals surface area contributed by atoms with Crippen LogP contribution in [-0.4, -0.2) is 48.1 Å². The van der Waals surface area contributed by atoms with E-state index < -0.39 is 11.7 Å². The van der Waals surface area contributed by atoms with E-state index in [0.717, 1.165) is 32.4 Å². The average molecular weight is 314 g/mol. The van der Waals surface area contributed by atoms with Crippen molar-refractivity contribution in [1.82, 2.24) is 15.2 Å². The molecule has 1 fully saturated rings. The molecule has 0 unspecified atom stereocenters. The Balaban J connectivity index is 1.89. The van der Waals surface area contributed by atoms with E-state index in [1.807, 2.05) is 0 Å². The lowest BCUT2D eigenvalue weighted by atomic mass is 10.1. The summed E-state index contributed by atoms with van der Waals surface area (Å²) in [6, 6.07) is 1.96. The average Bonchev–Trinajstić information content (AvgIpc) is 2.64. The van der Waals surface area contributed by atoms with Crippen molar-refractivity contribution in [2.24, 2.45) is 0 Å². The van der Waals surface area contributed by atoms with Crippen molar-refractivity contribution in [3.05, 3.63) is 23.4 Å². The Morgan fingerprint density at radius 3 is 2.77 bits per heavy atom. The molecule has 0 aromatic carbocycles. The summed E-state index contributed by atoms with van der Waals surface area (Å²) in [6.45, 7) is 8.16. The predicted octanol–water partition coefficient (Wildman–Crippen LogP) is 2.10. The van der Waals surface area contributed by atoms with Crippen LogP contribution in [-0.2, 0) is 12.7 Å². The molecule has 0 bridgehead atoms. The van der Waals surface area contributed by atoms with Crippen molar-refractivity contribution in [1.29, 1.82) is 0 Å². The highest BCUT2D eigenvalue weighted by atomic mass is 19.4. The Bertz CT molecular complexity index is 544. The van der Waals surface area contributed by atoms with Crippen LogP contribution in [0.5, 0.6) is 0 Å². The molecule has 1 N–H and O–H groups in total. The van der Waals surface area contributed by atoms with Gasteiger partial charge in [-0.1, -0.05) is 0 Å². The predicted molar refractivity (Wildman–Crippen MR) is 78.8 cm³/mol. The Kier molecular flexibility index (Phi) is 4.03. The second-order valence-corrected chi connectivity index (χ2v) is 6.27. The van der Waals surface area contributed by atoms with Crippen molar-refractivity contribution in [3.63, 3.8) is 0 Å².